The van der Waals surface area contributed by atoms with E-state index in [1.54, 1.807) is 11.8 Å². The standard InChI is InChI=1S/C14H24N2O2S/c1-4-11-12(17)16(8-5-9-19-3)14(2,10-6-7-10)13(18)15-11/h10-11H,4-9H2,1-3H3,(H,15,18). The molecule has 0 aromatic carbocycles. The van der Waals surface area contributed by atoms with Crippen molar-refractivity contribution in [3.8, 4) is 0 Å². The summed E-state index contributed by atoms with van der Waals surface area (Å²) in [6.07, 6.45) is 5.82. The first-order valence-corrected chi connectivity index (χ1v) is 8.56. The number of rotatable bonds is 6. The summed E-state index contributed by atoms with van der Waals surface area (Å²) < 4.78 is 0. The molecule has 0 aromatic rings. The third-order valence-corrected chi connectivity index (χ3v) is 5.10. The highest BCUT2D eigenvalue weighted by molar-refractivity contribution is 7.98. The van der Waals surface area contributed by atoms with Gasteiger partial charge in [-0.05, 0) is 50.5 Å². The normalized spacial score (nSPS) is 31.5. The van der Waals surface area contributed by atoms with E-state index in [-0.39, 0.29) is 17.9 Å². The molecule has 0 spiro atoms. The van der Waals surface area contributed by atoms with Crippen LogP contribution in [-0.2, 0) is 9.59 Å². The Bertz CT molecular complexity index is 370. The van der Waals surface area contributed by atoms with Crippen LogP contribution in [0.25, 0.3) is 0 Å². The zero-order valence-electron chi connectivity index (χ0n) is 12.1. The van der Waals surface area contributed by atoms with Gasteiger partial charge in [0.25, 0.3) is 0 Å². The lowest BCUT2D eigenvalue weighted by atomic mass is 9.87. The molecule has 1 saturated carbocycles. The van der Waals surface area contributed by atoms with Crippen LogP contribution in [0.3, 0.4) is 0 Å². The molecule has 2 unspecified atom stereocenters. The van der Waals surface area contributed by atoms with Gasteiger partial charge in [-0.2, -0.15) is 11.8 Å². The summed E-state index contributed by atoms with van der Waals surface area (Å²) in [5.74, 6) is 1.54. The third-order valence-electron chi connectivity index (χ3n) is 4.40. The SMILES string of the molecule is CCC1NC(=O)C(C)(C2CC2)N(CCCSC)C1=O. The van der Waals surface area contributed by atoms with Crippen LogP contribution >= 0.6 is 11.8 Å². The van der Waals surface area contributed by atoms with E-state index in [9.17, 15) is 9.59 Å². The first-order valence-electron chi connectivity index (χ1n) is 7.17. The van der Waals surface area contributed by atoms with Crippen LogP contribution in [0.5, 0.6) is 0 Å². The van der Waals surface area contributed by atoms with Gasteiger partial charge in [-0.1, -0.05) is 6.92 Å². The number of carbonyl (C=O) groups is 2. The quantitative estimate of drug-likeness (QED) is 0.755. The van der Waals surface area contributed by atoms with Crippen LogP contribution in [0.2, 0.25) is 0 Å². The Morgan fingerprint density at radius 1 is 1.42 bits per heavy atom. The number of nitrogens with zero attached hydrogens (tertiary/aromatic N) is 1. The lowest BCUT2D eigenvalue weighted by Crippen LogP contribution is -2.70. The van der Waals surface area contributed by atoms with Gasteiger partial charge in [0.1, 0.15) is 11.6 Å². The summed E-state index contributed by atoms with van der Waals surface area (Å²) >= 11 is 1.78. The number of nitrogens with one attached hydrogen (secondary N) is 1. The predicted molar refractivity (Wildman–Crippen MR) is 78.1 cm³/mol. The second kappa shape index (κ2) is 5.73. The maximum Gasteiger partial charge on any atom is 0.246 e. The summed E-state index contributed by atoms with van der Waals surface area (Å²) in [4.78, 5) is 26.9. The van der Waals surface area contributed by atoms with E-state index in [1.807, 2.05) is 18.7 Å². The highest BCUT2D eigenvalue weighted by atomic mass is 32.2. The van der Waals surface area contributed by atoms with E-state index in [2.05, 4.69) is 11.6 Å². The zero-order chi connectivity index (χ0) is 14.0. The molecular weight excluding hydrogens is 260 g/mol. The van der Waals surface area contributed by atoms with Crippen molar-refractivity contribution in [1.29, 1.82) is 0 Å². The number of piperazine rings is 1. The van der Waals surface area contributed by atoms with E-state index >= 15 is 0 Å². The zero-order valence-corrected chi connectivity index (χ0v) is 12.9. The smallest absolute Gasteiger partial charge is 0.246 e. The fourth-order valence-electron chi connectivity index (χ4n) is 2.94. The number of hydrogen-bond donors (Lipinski definition) is 1. The first kappa shape index (κ1) is 14.7. The summed E-state index contributed by atoms with van der Waals surface area (Å²) in [5, 5.41) is 2.91. The van der Waals surface area contributed by atoms with Crippen molar-refractivity contribution in [3.05, 3.63) is 0 Å². The van der Waals surface area contributed by atoms with Gasteiger partial charge in [0.15, 0.2) is 0 Å². The average Bonchev–Trinajstić information content (AvgIpc) is 3.22. The molecule has 5 heteroatoms. The highest BCUT2D eigenvalue weighted by Gasteiger charge is 2.56. The van der Waals surface area contributed by atoms with E-state index < -0.39 is 5.54 Å². The molecule has 2 aliphatic rings. The van der Waals surface area contributed by atoms with Gasteiger partial charge >= 0.3 is 0 Å². The monoisotopic (exact) mass is 284 g/mol. The van der Waals surface area contributed by atoms with Crippen molar-refractivity contribution < 1.29 is 9.59 Å². The molecule has 4 nitrogen and oxygen atoms in total. The summed E-state index contributed by atoms with van der Waals surface area (Å²) in [6.45, 7) is 4.60. The van der Waals surface area contributed by atoms with E-state index in [0.29, 0.717) is 18.9 Å². The molecule has 1 heterocycles. The molecule has 2 amide bonds. The van der Waals surface area contributed by atoms with Crippen LogP contribution in [-0.4, -0.2) is 46.8 Å². The Balaban J connectivity index is 2.18. The topological polar surface area (TPSA) is 49.4 Å². The maximum atomic E-state index is 12.5. The van der Waals surface area contributed by atoms with E-state index in [1.165, 1.54) is 0 Å². The average molecular weight is 284 g/mol. The van der Waals surface area contributed by atoms with Gasteiger partial charge in [-0.15, -0.1) is 0 Å². The minimum Gasteiger partial charge on any atom is -0.342 e. The number of carbonyl (C=O) groups excluding carboxylic acids is 2. The van der Waals surface area contributed by atoms with Crippen molar-refractivity contribution in [2.45, 2.75) is 51.1 Å². The molecular formula is C14H24N2O2S. The molecule has 108 valence electrons. The largest absolute Gasteiger partial charge is 0.342 e. The van der Waals surface area contributed by atoms with Crippen molar-refractivity contribution >= 4 is 23.6 Å². The van der Waals surface area contributed by atoms with Gasteiger partial charge in [-0.3, -0.25) is 9.59 Å². The van der Waals surface area contributed by atoms with Gasteiger partial charge in [-0.25, -0.2) is 0 Å². The van der Waals surface area contributed by atoms with Gasteiger partial charge in [0.05, 0.1) is 0 Å². The fraction of sp³-hybridized carbons (Fsp3) is 0.857. The minimum atomic E-state index is -0.610. The molecule has 19 heavy (non-hydrogen) atoms. The van der Waals surface area contributed by atoms with Crippen molar-refractivity contribution in [1.82, 2.24) is 10.2 Å². The molecule has 2 fully saturated rings. The van der Waals surface area contributed by atoms with E-state index in [0.717, 1.165) is 25.0 Å². The fourth-order valence-corrected chi connectivity index (χ4v) is 3.36. The van der Waals surface area contributed by atoms with Gasteiger partial charge in [0.2, 0.25) is 11.8 Å². The van der Waals surface area contributed by atoms with Crippen LogP contribution in [0.1, 0.15) is 39.5 Å². The van der Waals surface area contributed by atoms with Crippen molar-refractivity contribution in [2.24, 2.45) is 5.92 Å². The van der Waals surface area contributed by atoms with Crippen molar-refractivity contribution in [2.75, 3.05) is 18.6 Å². The first-order chi connectivity index (χ1) is 9.05. The molecule has 1 N–H and O–H groups in total. The summed E-state index contributed by atoms with van der Waals surface area (Å²) in [5.41, 5.74) is -0.610. The Labute approximate surface area is 119 Å². The van der Waals surface area contributed by atoms with E-state index in [4.69, 9.17) is 0 Å². The Kier molecular flexibility index (Phi) is 4.43. The van der Waals surface area contributed by atoms with Crippen LogP contribution < -0.4 is 5.32 Å². The lowest BCUT2D eigenvalue weighted by Gasteiger charge is -2.46. The van der Waals surface area contributed by atoms with Gasteiger partial charge in [0, 0.05) is 6.54 Å². The molecule has 0 bridgehead atoms. The second-order valence-corrected chi connectivity index (χ2v) is 6.68. The van der Waals surface area contributed by atoms with Gasteiger partial charge < -0.3 is 10.2 Å². The Morgan fingerprint density at radius 3 is 2.63 bits per heavy atom. The maximum absolute atomic E-state index is 12.5. The Morgan fingerprint density at radius 2 is 2.11 bits per heavy atom. The van der Waals surface area contributed by atoms with Crippen LogP contribution in [0, 0.1) is 5.92 Å². The number of thioether (sulfide) groups is 1. The third kappa shape index (κ3) is 2.62. The molecule has 0 aromatic heterocycles. The number of amides is 2. The molecule has 0 radical (unpaired) electrons. The highest BCUT2D eigenvalue weighted by Crippen LogP contribution is 2.45. The molecule has 1 aliphatic heterocycles. The van der Waals surface area contributed by atoms with Crippen molar-refractivity contribution in [3.63, 3.8) is 0 Å². The minimum absolute atomic E-state index is 0.0469. The molecule has 2 rings (SSSR count). The predicted octanol–water partition coefficient (Wildman–Crippen LogP) is 1.65. The summed E-state index contributed by atoms with van der Waals surface area (Å²) in [7, 11) is 0. The Hall–Kier alpha value is -0.710. The lowest BCUT2D eigenvalue weighted by molar-refractivity contribution is -0.158. The molecule has 1 aliphatic carbocycles. The van der Waals surface area contributed by atoms with Crippen LogP contribution in [0.15, 0.2) is 0 Å². The molecule has 2 atom stereocenters. The molecule has 1 saturated heterocycles. The number of hydrogen-bond acceptors (Lipinski definition) is 3. The summed E-state index contributed by atoms with van der Waals surface area (Å²) in [6, 6.07) is -0.325. The second-order valence-electron chi connectivity index (χ2n) is 5.69. The van der Waals surface area contributed by atoms with Crippen LogP contribution in [0.4, 0.5) is 0 Å².